The molecule has 24 heavy (non-hydrogen) atoms. The van der Waals surface area contributed by atoms with Crippen LogP contribution in [0.1, 0.15) is 17.5 Å². The summed E-state index contributed by atoms with van der Waals surface area (Å²) in [4.78, 5) is 2.29. The number of piperidine rings is 1. The molecule has 0 spiro atoms. The van der Waals surface area contributed by atoms with Gasteiger partial charge in [0.05, 0.1) is 6.10 Å². The summed E-state index contributed by atoms with van der Waals surface area (Å²) in [6.45, 7) is 3.06. The number of benzene rings is 2. The lowest BCUT2D eigenvalue weighted by Gasteiger charge is -2.35. The molecule has 2 N–H and O–H groups in total. The Hall–Kier alpha value is -1.88. The van der Waals surface area contributed by atoms with Gasteiger partial charge in [0, 0.05) is 32.2 Å². The van der Waals surface area contributed by atoms with Gasteiger partial charge in [-0.2, -0.15) is 0 Å². The van der Waals surface area contributed by atoms with E-state index in [4.69, 9.17) is 4.74 Å². The van der Waals surface area contributed by atoms with E-state index in [1.807, 2.05) is 30.3 Å². The summed E-state index contributed by atoms with van der Waals surface area (Å²) in [6, 6.07) is 18.3. The predicted molar refractivity (Wildman–Crippen MR) is 93.7 cm³/mol. The van der Waals surface area contributed by atoms with Gasteiger partial charge in [0.15, 0.2) is 0 Å². The molecule has 1 saturated heterocycles. The molecule has 0 aromatic heterocycles. The first kappa shape index (κ1) is 17.0. The van der Waals surface area contributed by atoms with E-state index in [1.165, 1.54) is 5.56 Å². The van der Waals surface area contributed by atoms with Crippen LogP contribution in [0.4, 0.5) is 0 Å². The Morgan fingerprint density at radius 2 is 1.75 bits per heavy atom. The van der Waals surface area contributed by atoms with Gasteiger partial charge in [-0.25, -0.2) is 0 Å². The zero-order valence-corrected chi connectivity index (χ0v) is 13.8. The fourth-order valence-electron chi connectivity index (χ4n) is 3.11. The second-order valence-corrected chi connectivity index (χ2v) is 6.45. The maximum Gasteiger partial charge on any atom is 0.119 e. The van der Waals surface area contributed by atoms with Crippen molar-refractivity contribution in [2.75, 3.05) is 19.7 Å². The highest BCUT2D eigenvalue weighted by atomic mass is 16.5. The van der Waals surface area contributed by atoms with Crippen molar-refractivity contribution in [2.45, 2.75) is 25.7 Å². The largest absolute Gasteiger partial charge is 0.489 e. The Morgan fingerprint density at radius 3 is 2.46 bits per heavy atom. The lowest BCUT2D eigenvalue weighted by Crippen LogP contribution is -2.44. The molecule has 4 nitrogen and oxygen atoms in total. The van der Waals surface area contributed by atoms with Crippen LogP contribution in [0.25, 0.3) is 0 Å². The fraction of sp³-hybridized carbons (Fsp3) is 0.400. The third kappa shape index (κ3) is 4.57. The standard InChI is InChI=1S/C20H25NO3/c22-14-18-13-21(11-10-20(18)23)12-16-6-8-19(9-7-16)24-15-17-4-2-1-3-5-17/h1-9,18,20,22-23H,10-15H2/t18-,20-/m1/s1. The molecule has 0 radical (unpaired) electrons. The van der Waals surface area contributed by atoms with Crippen molar-refractivity contribution in [3.63, 3.8) is 0 Å². The van der Waals surface area contributed by atoms with E-state index >= 15 is 0 Å². The number of nitrogens with zero attached hydrogens (tertiary/aromatic N) is 1. The van der Waals surface area contributed by atoms with Crippen LogP contribution in [0.5, 0.6) is 5.75 Å². The molecule has 0 amide bonds. The first-order valence-electron chi connectivity index (χ1n) is 8.51. The Balaban J connectivity index is 1.51. The van der Waals surface area contributed by atoms with Crippen LogP contribution >= 0.6 is 0 Å². The summed E-state index contributed by atoms with van der Waals surface area (Å²) in [7, 11) is 0. The SMILES string of the molecule is OC[C@H]1CN(Cc2ccc(OCc3ccccc3)cc2)CC[C@H]1O. The van der Waals surface area contributed by atoms with Crippen LogP contribution in [-0.2, 0) is 13.2 Å². The minimum Gasteiger partial charge on any atom is -0.489 e. The van der Waals surface area contributed by atoms with Gasteiger partial charge in [-0.15, -0.1) is 0 Å². The smallest absolute Gasteiger partial charge is 0.119 e. The molecule has 0 saturated carbocycles. The fourth-order valence-corrected chi connectivity index (χ4v) is 3.11. The molecule has 1 aliphatic heterocycles. The summed E-state index contributed by atoms with van der Waals surface area (Å²) in [5, 5.41) is 19.2. The van der Waals surface area contributed by atoms with Crippen molar-refractivity contribution in [1.82, 2.24) is 4.90 Å². The summed E-state index contributed by atoms with van der Waals surface area (Å²) < 4.78 is 5.81. The first-order valence-corrected chi connectivity index (χ1v) is 8.51. The molecule has 3 rings (SSSR count). The summed E-state index contributed by atoms with van der Waals surface area (Å²) in [6.07, 6.45) is 0.351. The quantitative estimate of drug-likeness (QED) is 0.856. The predicted octanol–water partition coefficient (Wildman–Crippen LogP) is 2.44. The highest BCUT2D eigenvalue weighted by Crippen LogP contribution is 2.20. The number of hydrogen-bond donors (Lipinski definition) is 2. The number of ether oxygens (including phenoxy) is 1. The Bertz CT molecular complexity index is 615. The third-order valence-electron chi connectivity index (χ3n) is 4.59. The first-order chi connectivity index (χ1) is 11.7. The lowest BCUT2D eigenvalue weighted by molar-refractivity contribution is -0.00201. The van der Waals surface area contributed by atoms with Gasteiger partial charge in [0.1, 0.15) is 12.4 Å². The van der Waals surface area contributed by atoms with Gasteiger partial charge >= 0.3 is 0 Å². The van der Waals surface area contributed by atoms with E-state index in [9.17, 15) is 10.2 Å². The van der Waals surface area contributed by atoms with E-state index in [0.717, 1.165) is 37.4 Å². The molecule has 1 fully saturated rings. The van der Waals surface area contributed by atoms with Crippen LogP contribution in [0.2, 0.25) is 0 Å². The zero-order chi connectivity index (χ0) is 16.8. The second kappa shape index (κ2) is 8.29. The lowest BCUT2D eigenvalue weighted by atomic mass is 9.95. The molecular weight excluding hydrogens is 302 g/mol. The molecular formula is C20H25NO3. The molecule has 2 atom stereocenters. The van der Waals surface area contributed by atoms with Gasteiger partial charge in [0.2, 0.25) is 0 Å². The zero-order valence-electron chi connectivity index (χ0n) is 13.8. The van der Waals surface area contributed by atoms with Gasteiger partial charge in [0.25, 0.3) is 0 Å². The average molecular weight is 327 g/mol. The van der Waals surface area contributed by atoms with Crippen molar-refractivity contribution >= 4 is 0 Å². The van der Waals surface area contributed by atoms with Crippen LogP contribution in [-0.4, -0.2) is 40.9 Å². The molecule has 0 aliphatic carbocycles. The topological polar surface area (TPSA) is 52.9 Å². The molecule has 1 aliphatic rings. The number of hydrogen-bond acceptors (Lipinski definition) is 4. The normalized spacial score (nSPS) is 21.6. The number of aliphatic hydroxyl groups is 2. The highest BCUT2D eigenvalue weighted by Gasteiger charge is 2.26. The van der Waals surface area contributed by atoms with Gasteiger partial charge in [-0.3, -0.25) is 4.90 Å². The number of likely N-dealkylation sites (tertiary alicyclic amines) is 1. The van der Waals surface area contributed by atoms with E-state index in [1.54, 1.807) is 0 Å². The summed E-state index contributed by atoms with van der Waals surface area (Å²) >= 11 is 0. The molecule has 128 valence electrons. The van der Waals surface area contributed by atoms with Crippen LogP contribution in [0.3, 0.4) is 0 Å². The van der Waals surface area contributed by atoms with Crippen LogP contribution in [0.15, 0.2) is 54.6 Å². The van der Waals surface area contributed by atoms with Crippen molar-refractivity contribution in [3.05, 3.63) is 65.7 Å². The van der Waals surface area contributed by atoms with E-state index < -0.39 is 0 Å². The van der Waals surface area contributed by atoms with E-state index in [2.05, 4.69) is 29.2 Å². The monoisotopic (exact) mass is 327 g/mol. The molecule has 2 aromatic rings. The molecule has 0 bridgehead atoms. The van der Waals surface area contributed by atoms with Gasteiger partial charge < -0.3 is 14.9 Å². The van der Waals surface area contributed by atoms with Crippen molar-refractivity contribution in [2.24, 2.45) is 5.92 Å². The Morgan fingerprint density at radius 1 is 1.00 bits per heavy atom. The maximum absolute atomic E-state index is 9.84. The molecule has 1 heterocycles. The van der Waals surface area contributed by atoms with Crippen molar-refractivity contribution < 1.29 is 14.9 Å². The average Bonchev–Trinajstić information content (AvgIpc) is 2.63. The van der Waals surface area contributed by atoms with Crippen molar-refractivity contribution in [3.8, 4) is 5.75 Å². The van der Waals surface area contributed by atoms with E-state index in [-0.39, 0.29) is 18.6 Å². The maximum atomic E-state index is 9.84. The van der Waals surface area contributed by atoms with E-state index in [0.29, 0.717) is 6.61 Å². The minimum atomic E-state index is -0.375. The third-order valence-corrected chi connectivity index (χ3v) is 4.59. The minimum absolute atomic E-state index is 0.0350. The Kier molecular flexibility index (Phi) is 5.86. The second-order valence-electron chi connectivity index (χ2n) is 6.45. The molecule has 4 heteroatoms. The Labute approximate surface area is 143 Å². The van der Waals surface area contributed by atoms with Gasteiger partial charge in [-0.1, -0.05) is 42.5 Å². The number of rotatable bonds is 6. The summed E-state index contributed by atoms with van der Waals surface area (Å²) in [5.74, 6) is 0.831. The van der Waals surface area contributed by atoms with Crippen LogP contribution in [0, 0.1) is 5.92 Å². The highest BCUT2D eigenvalue weighted by molar-refractivity contribution is 5.27. The molecule has 2 aromatic carbocycles. The molecule has 0 unspecified atom stereocenters. The van der Waals surface area contributed by atoms with Crippen LogP contribution < -0.4 is 4.74 Å². The van der Waals surface area contributed by atoms with Gasteiger partial charge in [-0.05, 0) is 29.7 Å². The van der Waals surface area contributed by atoms with Crippen molar-refractivity contribution in [1.29, 1.82) is 0 Å². The summed E-state index contributed by atoms with van der Waals surface area (Å²) in [5.41, 5.74) is 2.37. The number of aliphatic hydroxyl groups excluding tert-OH is 2.